The molecule has 0 unspecified atom stereocenters. The third-order valence-corrected chi connectivity index (χ3v) is 4.88. The summed E-state index contributed by atoms with van der Waals surface area (Å²) in [6.07, 6.45) is 5.13. The zero-order valence-electron chi connectivity index (χ0n) is 15.1. The summed E-state index contributed by atoms with van der Waals surface area (Å²) in [7, 11) is 1.76. The largest absolute Gasteiger partial charge is 0.339 e. The Morgan fingerprint density at radius 2 is 2.12 bits per heavy atom. The van der Waals surface area contributed by atoms with Crippen LogP contribution in [-0.2, 0) is 12.6 Å². The maximum absolute atomic E-state index is 12.9. The van der Waals surface area contributed by atoms with Gasteiger partial charge in [-0.05, 0) is 18.9 Å². The van der Waals surface area contributed by atoms with E-state index in [0.29, 0.717) is 28.4 Å². The Morgan fingerprint density at radius 3 is 2.81 bits per heavy atom. The molecule has 3 aromatic heterocycles. The number of aryl methyl sites for hydroxylation is 1. The molecule has 0 radical (unpaired) electrons. The average Bonchev–Trinajstić information content (AvgIpc) is 3.35. The third-order valence-electron chi connectivity index (χ3n) is 4.88. The fourth-order valence-corrected chi connectivity index (χ4v) is 3.39. The minimum absolute atomic E-state index is 0.147. The van der Waals surface area contributed by atoms with Gasteiger partial charge in [0.2, 0.25) is 5.89 Å². The van der Waals surface area contributed by atoms with Gasteiger partial charge in [0.05, 0.1) is 5.56 Å². The number of carbonyl (C=O) groups is 1. The Bertz CT molecular complexity index is 953. The van der Waals surface area contributed by atoms with Crippen LogP contribution < -0.4 is 5.32 Å². The standard InChI is InChI=1S/C17H21N7O2/c1-10(2)15-19-16(22-26-15)17(6-4-5-7-17)20-14(25)11-8-12-13(18-9-11)24(3)23-21-12/h8-10H,4-7H2,1-3H3,(H,20,25). The maximum atomic E-state index is 12.9. The van der Waals surface area contributed by atoms with Gasteiger partial charge in [0.15, 0.2) is 11.5 Å². The number of fused-ring (bicyclic) bond motifs is 1. The molecule has 0 saturated heterocycles. The molecule has 1 fully saturated rings. The molecule has 1 amide bonds. The van der Waals surface area contributed by atoms with E-state index in [0.717, 1.165) is 25.7 Å². The smallest absolute Gasteiger partial charge is 0.253 e. The van der Waals surface area contributed by atoms with Gasteiger partial charge in [-0.3, -0.25) is 4.79 Å². The summed E-state index contributed by atoms with van der Waals surface area (Å²) in [5, 5.41) is 15.2. The fraction of sp³-hybridized carbons (Fsp3) is 0.529. The summed E-state index contributed by atoms with van der Waals surface area (Å²) in [5.74, 6) is 1.07. The second kappa shape index (κ2) is 6.15. The van der Waals surface area contributed by atoms with Crippen molar-refractivity contribution in [2.45, 2.75) is 51.0 Å². The van der Waals surface area contributed by atoms with E-state index in [1.54, 1.807) is 24.0 Å². The molecular formula is C17H21N7O2. The highest BCUT2D eigenvalue weighted by Gasteiger charge is 2.41. The Morgan fingerprint density at radius 1 is 1.35 bits per heavy atom. The van der Waals surface area contributed by atoms with Crippen molar-refractivity contribution in [2.75, 3.05) is 0 Å². The Balaban J connectivity index is 1.63. The average molecular weight is 355 g/mol. The zero-order valence-corrected chi connectivity index (χ0v) is 15.1. The van der Waals surface area contributed by atoms with Crippen molar-refractivity contribution >= 4 is 17.1 Å². The maximum Gasteiger partial charge on any atom is 0.253 e. The molecule has 1 aliphatic rings. The minimum atomic E-state index is -0.592. The first-order chi connectivity index (χ1) is 12.5. The fourth-order valence-electron chi connectivity index (χ4n) is 3.39. The number of amides is 1. The van der Waals surface area contributed by atoms with Gasteiger partial charge < -0.3 is 9.84 Å². The highest BCUT2D eigenvalue weighted by atomic mass is 16.5. The monoisotopic (exact) mass is 355 g/mol. The van der Waals surface area contributed by atoms with Crippen LogP contribution in [0.4, 0.5) is 0 Å². The molecule has 26 heavy (non-hydrogen) atoms. The van der Waals surface area contributed by atoms with Crippen LogP contribution in [-0.4, -0.2) is 36.0 Å². The van der Waals surface area contributed by atoms with Gasteiger partial charge in [-0.1, -0.05) is 37.1 Å². The molecule has 0 spiro atoms. The van der Waals surface area contributed by atoms with Crippen molar-refractivity contribution in [3.05, 3.63) is 29.5 Å². The first-order valence-corrected chi connectivity index (χ1v) is 8.80. The van der Waals surface area contributed by atoms with E-state index < -0.39 is 5.54 Å². The summed E-state index contributed by atoms with van der Waals surface area (Å²) < 4.78 is 6.94. The first-order valence-electron chi connectivity index (χ1n) is 8.80. The summed E-state index contributed by atoms with van der Waals surface area (Å²) in [6, 6.07) is 1.70. The molecule has 0 aliphatic heterocycles. The molecule has 3 heterocycles. The van der Waals surface area contributed by atoms with Crippen LogP contribution in [0, 0.1) is 0 Å². The van der Waals surface area contributed by atoms with Gasteiger partial charge in [-0.2, -0.15) is 4.98 Å². The van der Waals surface area contributed by atoms with E-state index in [4.69, 9.17) is 4.52 Å². The SMILES string of the molecule is CC(C)c1nc(C2(NC(=O)c3cnc4c(c3)nnn4C)CCCC2)no1. The number of pyridine rings is 1. The Hall–Kier alpha value is -2.84. The molecule has 136 valence electrons. The van der Waals surface area contributed by atoms with Crippen molar-refractivity contribution in [1.29, 1.82) is 0 Å². The summed E-state index contributed by atoms with van der Waals surface area (Å²) in [6.45, 7) is 4.00. The molecule has 0 aromatic carbocycles. The number of carbonyl (C=O) groups excluding carboxylic acids is 1. The number of aromatic nitrogens is 6. The topological polar surface area (TPSA) is 112 Å². The summed E-state index contributed by atoms with van der Waals surface area (Å²) in [5.41, 5.74) is 1.07. The van der Waals surface area contributed by atoms with Crippen LogP contribution in [0.5, 0.6) is 0 Å². The molecule has 1 saturated carbocycles. The van der Waals surface area contributed by atoms with E-state index in [2.05, 4.69) is 30.8 Å². The van der Waals surface area contributed by atoms with Gasteiger partial charge in [-0.25, -0.2) is 9.67 Å². The van der Waals surface area contributed by atoms with Crippen LogP contribution in [0.15, 0.2) is 16.8 Å². The zero-order chi connectivity index (χ0) is 18.3. The quantitative estimate of drug-likeness (QED) is 0.762. The second-order valence-corrected chi connectivity index (χ2v) is 7.13. The molecule has 3 aromatic rings. The first kappa shape index (κ1) is 16.6. The normalized spacial score (nSPS) is 16.5. The highest BCUT2D eigenvalue weighted by molar-refractivity contribution is 5.96. The number of nitrogens with one attached hydrogen (secondary N) is 1. The number of nitrogens with zero attached hydrogens (tertiary/aromatic N) is 6. The molecule has 1 N–H and O–H groups in total. The van der Waals surface area contributed by atoms with Gasteiger partial charge in [0, 0.05) is 19.2 Å². The van der Waals surface area contributed by atoms with Crippen LogP contribution in [0.25, 0.3) is 11.2 Å². The lowest BCUT2D eigenvalue weighted by atomic mass is 9.96. The number of hydrogen-bond acceptors (Lipinski definition) is 7. The van der Waals surface area contributed by atoms with Crippen molar-refractivity contribution in [1.82, 2.24) is 35.4 Å². The summed E-state index contributed by atoms with van der Waals surface area (Å²) >= 11 is 0. The van der Waals surface area contributed by atoms with Crippen LogP contribution in [0.2, 0.25) is 0 Å². The van der Waals surface area contributed by atoms with Gasteiger partial charge in [-0.15, -0.1) is 5.10 Å². The van der Waals surface area contributed by atoms with Crippen LogP contribution in [0.1, 0.15) is 67.5 Å². The number of hydrogen-bond donors (Lipinski definition) is 1. The lowest BCUT2D eigenvalue weighted by Crippen LogP contribution is -2.44. The van der Waals surface area contributed by atoms with Gasteiger partial charge in [0.25, 0.3) is 5.91 Å². The van der Waals surface area contributed by atoms with Crippen molar-refractivity contribution in [2.24, 2.45) is 7.05 Å². The van der Waals surface area contributed by atoms with E-state index in [-0.39, 0.29) is 11.8 Å². The molecule has 0 atom stereocenters. The molecular weight excluding hydrogens is 334 g/mol. The van der Waals surface area contributed by atoms with E-state index in [1.807, 2.05) is 13.8 Å². The van der Waals surface area contributed by atoms with E-state index >= 15 is 0 Å². The predicted octanol–water partition coefficient (Wildman–Crippen LogP) is 2.07. The summed E-state index contributed by atoms with van der Waals surface area (Å²) in [4.78, 5) is 21.7. The highest BCUT2D eigenvalue weighted by Crippen LogP contribution is 2.38. The Labute approximate surface area is 150 Å². The van der Waals surface area contributed by atoms with Crippen LogP contribution >= 0.6 is 0 Å². The lowest BCUT2D eigenvalue weighted by Gasteiger charge is -2.26. The van der Waals surface area contributed by atoms with Crippen molar-refractivity contribution in [3.63, 3.8) is 0 Å². The molecule has 9 heteroatoms. The third kappa shape index (κ3) is 2.73. The Kier molecular flexibility index (Phi) is 3.93. The lowest BCUT2D eigenvalue weighted by molar-refractivity contribution is 0.0891. The van der Waals surface area contributed by atoms with Crippen molar-refractivity contribution in [3.8, 4) is 0 Å². The molecule has 0 bridgehead atoms. The van der Waals surface area contributed by atoms with Gasteiger partial charge >= 0.3 is 0 Å². The molecule has 9 nitrogen and oxygen atoms in total. The molecule has 1 aliphatic carbocycles. The van der Waals surface area contributed by atoms with Crippen molar-refractivity contribution < 1.29 is 9.32 Å². The van der Waals surface area contributed by atoms with E-state index in [1.165, 1.54) is 0 Å². The second-order valence-electron chi connectivity index (χ2n) is 7.13. The number of rotatable bonds is 4. The van der Waals surface area contributed by atoms with E-state index in [9.17, 15) is 4.79 Å². The predicted molar refractivity (Wildman–Crippen MR) is 92.3 cm³/mol. The van der Waals surface area contributed by atoms with Gasteiger partial charge in [0.1, 0.15) is 11.1 Å². The van der Waals surface area contributed by atoms with Crippen LogP contribution in [0.3, 0.4) is 0 Å². The molecule has 4 rings (SSSR count). The minimum Gasteiger partial charge on any atom is -0.339 e.